The van der Waals surface area contributed by atoms with Gasteiger partial charge >= 0.3 is 0 Å². The molecule has 3 heteroatoms. The van der Waals surface area contributed by atoms with Gasteiger partial charge in [0.15, 0.2) is 0 Å². The van der Waals surface area contributed by atoms with Gasteiger partial charge in [0, 0.05) is 5.39 Å². The monoisotopic (exact) mass is 268 g/mol. The molecule has 4 rings (SSSR count). The van der Waals surface area contributed by atoms with Crippen molar-refractivity contribution in [2.24, 2.45) is 0 Å². The summed E-state index contributed by atoms with van der Waals surface area (Å²) in [5.41, 5.74) is 4.79. The van der Waals surface area contributed by atoms with E-state index in [1.807, 2.05) is 29.1 Å². The van der Waals surface area contributed by atoms with E-state index in [9.17, 15) is 0 Å². The van der Waals surface area contributed by atoms with Crippen LogP contribution in [0.25, 0.3) is 16.6 Å². The number of rotatable bonds is 1. The Morgan fingerprint density at radius 1 is 1.11 bits per heavy atom. The fraction of sp³-hybridized carbons (Fsp3) is 0.188. The Morgan fingerprint density at radius 2 is 1.95 bits per heavy atom. The topological polar surface area (TPSA) is 17.8 Å². The van der Waals surface area contributed by atoms with Gasteiger partial charge in [-0.25, -0.2) is 4.68 Å². The first-order chi connectivity index (χ1) is 9.34. The molecule has 0 atom stereocenters. The van der Waals surface area contributed by atoms with Gasteiger partial charge < -0.3 is 0 Å². The van der Waals surface area contributed by atoms with Gasteiger partial charge in [0.2, 0.25) is 0 Å². The molecule has 0 N–H and O–H groups in total. The maximum atomic E-state index is 6.62. The third-order valence-corrected chi connectivity index (χ3v) is 4.27. The molecule has 0 saturated heterocycles. The summed E-state index contributed by atoms with van der Waals surface area (Å²) in [6, 6.07) is 12.4. The van der Waals surface area contributed by atoms with E-state index in [1.165, 1.54) is 17.5 Å². The summed E-state index contributed by atoms with van der Waals surface area (Å²) in [6.45, 7) is 0. The van der Waals surface area contributed by atoms with E-state index in [1.54, 1.807) is 0 Å². The minimum absolute atomic E-state index is 0.881. The minimum Gasteiger partial charge on any atom is -0.232 e. The van der Waals surface area contributed by atoms with Crippen molar-refractivity contribution in [3.05, 3.63) is 58.7 Å². The Morgan fingerprint density at radius 3 is 2.79 bits per heavy atom. The van der Waals surface area contributed by atoms with Gasteiger partial charge in [-0.15, -0.1) is 0 Å². The number of hydrogen-bond acceptors (Lipinski definition) is 1. The molecule has 0 amide bonds. The molecule has 2 aromatic carbocycles. The maximum absolute atomic E-state index is 6.62. The molecule has 3 aromatic rings. The lowest BCUT2D eigenvalue weighted by Crippen LogP contribution is -1.97. The zero-order valence-corrected chi connectivity index (χ0v) is 11.2. The lowest BCUT2D eigenvalue weighted by molar-refractivity contribution is 0.903. The molecule has 1 heterocycles. The highest BCUT2D eigenvalue weighted by atomic mass is 35.5. The summed E-state index contributed by atoms with van der Waals surface area (Å²) >= 11 is 6.62. The minimum atomic E-state index is 0.881. The SMILES string of the molecule is Clc1c2c(cc3cnn(-c4ccccc4)c13)CCC2. The summed E-state index contributed by atoms with van der Waals surface area (Å²) in [6.07, 6.45) is 5.35. The van der Waals surface area contributed by atoms with E-state index < -0.39 is 0 Å². The number of para-hydroxylation sites is 1. The molecule has 0 unspecified atom stereocenters. The van der Waals surface area contributed by atoms with Crippen LogP contribution in [0.3, 0.4) is 0 Å². The highest BCUT2D eigenvalue weighted by Crippen LogP contribution is 2.36. The van der Waals surface area contributed by atoms with Gasteiger partial charge in [-0.3, -0.25) is 0 Å². The van der Waals surface area contributed by atoms with Crippen molar-refractivity contribution < 1.29 is 0 Å². The van der Waals surface area contributed by atoms with Crippen molar-refractivity contribution in [1.82, 2.24) is 9.78 Å². The molecule has 94 valence electrons. The molecule has 0 saturated carbocycles. The summed E-state index contributed by atoms with van der Waals surface area (Å²) in [7, 11) is 0. The van der Waals surface area contributed by atoms with Crippen molar-refractivity contribution >= 4 is 22.5 Å². The average Bonchev–Trinajstić information content (AvgIpc) is 3.06. The Bertz CT molecular complexity index is 759. The van der Waals surface area contributed by atoms with Crippen molar-refractivity contribution in [2.45, 2.75) is 19.3 Å². The van der Waals surface area contributed by atoms with E-state index in [-0.39, 0.29) is 0 Å². The number of hydrogen-bond donors (Lipinski definition) is 0. The zero-order valence-electron chi connectivity index (χ0n) is 10.4. The van der Waals surface area contributed by atoms with E-state index in [0.29, 0.717) is 0 Å². The number of aryl methyl sites for hydroxylation is 1. The fourth-order valence-corrected chi connectivity index (χ4v) is 3.36. The lowest BCUT2D eigenvalue weighted by atomic mass is 10.1. The molecule has 0 radical (unpaired) electrons. The van der Waals surface area contributed by atoms with Crippen LogP contribution in [-0.2, 0) is 12.8 Å². The number of nitrogens with zero attached hydrogens (tertiary/aromatic N) is 2. The third kappa shape index (κ3) is 1.60. The average molecular weight is 269 g/mol. The molecule has 0 spiro atoms. The Labute approximate surface area is 116 Å². The predicted molar refractivity (Wildman–Crippen MR) is 78.1 cm³/mol. The Balaban J connectivity index is 2.04. The highest BCUT2D eigenvalue weighted by Gasteiger charge is 2.19. The van der Waals surface area contributed by atoms with Crippen molar-refractivity contribution in [3.63, 3.8) is 0 Å². The molecule has 1 aliphatic carbocycles. The summed E-state index contributed by atoms with van der Waals surface area (Å²) < 4.78 is 1.94. The lowest BCUT2D eigenvalue weighted by Gasteiger charge is -2.08. The first-order valence-corrected chi connectivity index (χ1v) is 6.96. The van der Waals surface area contributed by atoms with Crippen molar-refractivity contribution in [1.29, 1.82) is 0 Å². The van der Waals surface area contributed by atoms with Crippen LogP contribution in [-0.4, -0.2) is 9.78 Å². The van der Waals surface area contributed by atoms with Gasteiger partial charge in [0.1, 0.15) is 0 Å². The molecule has 0 fully saturated rings. The van der Waals surface area contributed by atoms with E-state index in [2.05, 4.69) is 23.3 Å². The van der Waals surface area contributed by atoms with Crippen LogP contribution in [0, 0.1) is 0 Å². The van der Waals surface area contributed by atoms with Gasteiger partial charge in [-0.2, -0.15) is 5.10 Å². The predicted octanol–water partition coefficient (Wildman–Crippen LogP) is 4.17. The van der Waals surface area contributed by atoms with Crippen LogP contribution in [0.5, 0.6) is 0 Å². The molecule has 2 nitrogen and oxygen atoms in total. The van der Waals surface area contributed by atoms with E-state index in [4.69, 9.17) is 11.6 Å². The van der Waals surface area contributed by atoms with Crippen molar-refractivity contribution in [3.8, 4) is 5.69 Å². The largest absolute Gasteiger partial charge is 0.232 e. The van der Waals surface area contributed by atoms with E-state index >= 15 is 0 Å². The molecular weight excluding hydrogens is 256 g/mol. The van der Waals surface area contributed by atoms with Gasteiger partial charge in [0.25, 0.3) is 0 Å². The summed E-state index contributed by atoms with van der Waals surface area (Å²) in [4.78, 5) is 0. The highest BCUT2D eigenvalue weighted by molar-refractivity contribution is 6.36. The molecule has 1 aliphatic rings. The summed E-state index contributed by atoms with van der Waals surface area (Å²) in [5, 5.41) is 6.51. The van der Waals surface area contributed by atoms with Gasteiger partial charge in [0.05, 0.1) is 22.4 Å². The Kier molecular flexibility index (Phi) is 2.39. The molecule has 19 heavy (non-hydrogen) atoms. The maximum Gasteiger partial charge on any atom is 0.0930 e. The fourth-order valence-electron chi connectivity index (χ4n) is 2.96. The molecular formula is C16H13ClN2. The Hall–Kier alpha value is -1.80. The third-order valence-electron chi connectivity index (χ3n) is 3.86. The van der Waals surface area contributed by atoms with Gasteiger partial charge in [-0.05, 0) is 48.6 Å². The number of fused-ring (bicyclic) bond motifs is 2. The van der Waals surface area contributed by atoms with Crippen LogP contribution in [0.4, 0.5) is 0 Å². The van der Waals surface area contributed by atoms with Crippen LogP contribution < -0.4 is 0 Å². The molecule has 0 aliphatic heterocycles. The number of halogens is 1. The first kappa shape index (κ1) is 11.1. The first-order valence-electron chi connectivity index (χ1n) is 6.58. The summed E-state index contributed by atoms with van der Waals surface area (Å²) in [5.74, 6) is 0. The van der Waals surface area contributed by atoms with Crippen molar-refractivity contribution in [2.75, 3.05) is 0 Å². The van der Waals surface area contributed by atoms with Crippen LogP contribution >= 0.6 is 11.6 Å². The van der Waals surface area contributed by atoms with E-state index in [0.717, 1.165) is 34.5 Å². The standard InChI is InChI=1S/C16H13ClN2/c17-15-14-8-4-5-11(14)9-12-10-18-19(16(12)15)13-6-2-1-3-7-13/h1-3,6-7,9-10H,4-5,8H2. The second-order valence-corrected chi connectivity index (χ2v) is 5.39. The smallest absolute Gasteiger partial charge is 0.0930 e. The normalized spacial score (nSPS) is 13.9. The van der Waals surface area contributed by atoms with Crippen LogP contribution in [0.15, 0.2) is 42.6 Å². The molecule has 1 aromatic heterocycles. The van der Waals surface area contributed by atoms with Crippen LogP contribution in [0.1, 0.15) is 17.5 Å². The van der Waals surface area contributed by atoms with Crippen LogP contribution in [0.2, 0.25) is 5.02 Å². The number of aromatic nitrogens is 2. The zero-order chi connectivity index (χ0) is 12.8. The number of benzene rings is 2. The second kappa shape index (κ2) is 4.10. The quantitative estimate of drug-likeness (QED) is 0.648. The second-order valence-electron chi connectivity index (χ2n) is 5.01. The molecule has 0 bridgehead atoms. The van der Waals surface area contributed by atoms with Gasteiger partial charge in [-0.1, -0.05) is 29.8 Å².